The van der Waals surface area contributed by atoms with Crippen molar-refractivity contribution in [2.75, 3.05) is 11.4 Å². The van der Waals surface area contributed by atoms with E-state index >= 15 is 0 Å². The number of nitrogens with zero attached hydrogens (tertiary/aromatic N) is 3. The van der Waals surface area contributed by atoms with Gasteiger partial charge < -0.3 is 0 Å². The molecule has 2 aliphatic rings. The van der Waals surface area contributed by atoms with Crippen molar-refractivity contribution in [1.29, 1.82) is 0 Å². The minimum absolute atomic E-state index is 0.0119. The number of hydrogen-bond acceptors (Lipinski definition) is 4. The third-order valence-corrected chi connectivity index (χ3v) is 5.41. The van der Waals surface area contributed by atoms with Crippen LogP contribution < -0.4 is 4.90 Å². The Morgan fingerprint density at radius 2 is 2.29 bits per heavy atom. The number of halogens is 1. The van der Waals surface area contributed by atoms with Crippen LogP contribution in [-0.4, -0.2) is 28.4 Å². The molecule has 1 amide bonds. The SMILES string of the molecule is O=C1[C@@H]2CCCN2[C@@H](c2cccc(Br)c2)N1c1nccs1. The fourth-order valence-corrected chi connectivity index (χ4v) is 4.40. The van der Waals surface area contributed by atoms with E-state index in [1.54, 1.807) is 6.20 Å². The Bertz CT molecular complexity index is 675. The average molecular weight is 364 g/mol. The lowest BCUT2D eigenvalue weighted by atomic mass is 10.1. The van der Waals surface area contributed by atoms with E-state index in [4.69, 9.17) is 0 Å². The van der Waals surface area contributed by atoms with Crippen LogP contribution in [0.15, 0.2) is 40.3 Å². The van der Waals surface area contributed by atoms with Gasteiger partial charge in [-0.1, -0.05) is 28.1 Å². The van der Waals surface area contributed by atoms with Crippen molar-refractivity contribution in [2.45, 2.75) is 25.0 Å². The number of fused-ring (bicyclic) bond motifs is 1. The highest BCUT2D eigenvalue weighted by Crippen LogP contribution is 2.43. The Morgan fingerprint density at radius 1 is 1.38 bits per heavy atom. The third kappa shape index (κ3) is 2.13. The average Bonchev–Trinajstić information content (AvgIpc) is 3.17. The number of carbonyl (C=O) groups excluding carboxylic acids is 1. The van der Waals surface area contributed by atoms with Crippen molar-refractivity contribution < 1.29 is 4.79 Å². The van der Waals surface area contributed by atoms with Crippen molar-refractivity contribution >= 4 is 38.3 Å². The molecule has 1 aromatic carbocycles. The van der Waals surface area contributed by atoms with E-state index in [9.17, 15) is 4.79 Å². The molecule has 6 heteroatoms. The molecule has 4 rings (SSSR count). The molecule has 2 atom stereocenters. The summed E-state index contributed by atoms with van der Waals surface area (Å²) in [5, 5.41) is 2.71. The summed E-state index contributed by atoms with van der Waals surface area (Å²) in [6, 6.07) is 8.23. The number of anilines is 1. The maximum Gasteiger partial charge on any atom is 0.247 e. The van der Waals surface area contributed by atoms with E-state index in [0.29, 0.717) is 0 Å². The molecule has 0 spiro atoms. The van der Waals surface area contributed by atoms with Crippen LogP contribution in [0.25, 0.3) is 0 Å². The zero-order chi connectivity index (χ0) is 14.4. The van der Waals surface area contributed by atoms with Crippen LogP contribution in [0.2, 0.25) is 0 Å². The molecule has 0 aliphatic carbocycles. The summed E-state index contributed by atoms with van der Waals surface area (Å²) in [5.74, 6) is 0.187. The van der Waals surface area contributed by atoms with Crippen LogP contribution >= 0.6 is 27.3 Å². The van der Waals surface area contributed by atoms with Crippen molar-refractivity contribution in [2.24, 2.45) is 0 Å². The first-order valence-electron chi connectivity index (χ1n) is 6.99. The molecule has 21 heavy (non-hydrogen) atoms. The molecule has 2 fully saturated rings. The smallest absolute Gasteiger partial charge is 0.247 e. The maximum absolute atomic E-state index is 12.8. The highest BCUT2D eigenvalue weighted by molar-refractivity contribution is 9.10. The van der Waals surface area contributed by atoms with E-state index in [1.165, 1.54) is 11.3 Å². The predicted octanol–water partition coefficient (Wildman–Crippen LogP) is 3.42. The molecule has 0 saturated carbocycles. The fraction of sp³-hybridized carbons (Fsp3) is 0.333. The number of hydrogen-bond donors (Lipinski definition) is 0. The second-order valence-corrected chi connectivity index (χ2v) is 7.14. The van der Waals surface area contributed by atoms with Gasteiger partial charge in [0.05, 0.1) is 6.04 Å². The van der Waals surface area contributed by atoms with Gasteiger partial charge in [-0.05, 0) is 30.5 Å². The molecule has 0 N–H and O–H groups in total. The molecule has 0 unspecified atom stereocenters. The normalized spacial score (nSPS) is 25.6. The quantitative estimate of drug-likeness (QED) is 0.820. The Morgan fingerprint density at radius 3 is 3.05 bits per heavy atom. The van der Waals surface area contributed by atoms with E-state index in [2.05, 4.69) is 37.9 Å². The van der Waals surface area contributed by atoms with E-state index < -0.39 is 0 Å². The molecule has 0 bridgehead atoms. The van der Waals surface area contributed by atoms with Crippen molar-refractivity contribution in [3.63, 3.8) is 0 Å². The first-order chi connectivity index (χ1) is 10.3. The highest BCUT2D eigenvalue weighted by atomic mass is 79.9. The van der Waals surface area contributed by atoms with Gasteiger partial charge in [0.15, 0.2) is 5.13 Å². The molecule has 1 aromatic heterocycles. The highest BCUT2D eigenvalue weighted by Gasteiger charge is 2.50. The molecule has 2 aliphatic heterocycles. The molecule has 0 radical (unpaired) electrons. The Labute approximate surface area is 135 Å². The summed E-state index contributed by atoms with van der Waals surface area (Å²) in [7, 11) is 0. The van der Waals surface area contributed by atoms with Crippen LogP contribution in [0.3, 0.4) is 0 Å². The van der Waals surface area contributed by atoms with Gasteiger partial charge in [-0.25, -0.2) is 4.98 Å². The fourth-order valence-electron chi connectivity index (χ4n) is 3.32. The molecular weight excluding hydrogens is 350 g/mol. The maximum atomic E-state index is 12.8. The minimum atomic E-state index is -0.0337. The molecule has 2 saturated heterocycles. The van der Waals surface area contributed by atoms with Gasteiger partial charge >= 0.3 is 0 Å². The Kier molecular flexibility index (Phi) is 3.32. The van der Waals surface area contributed by atoms with Gasteiger partial charge in [-0.3, -0.25) is 14.6 Å². The van der Waals surface area contributed by atoms with E-state index in [0.717, 1.165) is 34.6 Å². The van der Waals surface area contributed by atoms with Gasteiger partial charge in [-0.15, -0.1) is 11.3 Å². The lowest BCUT2D eigenvalue weighted by molar-refractivity contribution is -0.119. The number of thiazole rings is 1. The van der Waals surface area contributed by atoms with E-state index in [1.807, 2.05) is 22.4 Å². The van der Waals surface area contributed by atoms with Gasteiger partial charge in [0.2, 0.25) is 5.91 Å². The second kappa shape index (κ2) is 5.19. The summed E-state index contributed by atoms with van der Waals surface area (Å²) >= 11 is 5.05. The Hall–Kier alpha value is -1.24. The van der Waals surface area contributed by atoms with Crippen molar-refractivity contribution in [3.8, 4) is 0 Å². The Balaban J connectivity index is 1.82. The number of carbonyl (C=O) groups is 1. The summed E-state index contributed by atoms with van der Waals surface area (Å²) in [4.78, 5) is 21.3. The van der Waals surface area contributed by atoms with Crippen molar-refractivity contribution in [3.05, 3.63) is 45.9 Å². The number of rotatable bonds is 2. The van der Waals surface area contributed by atoms with E-state index in [-0.39, 0.29) is 18.1 Å². The topological polar surface area (TPSA) is 36.4 Å². The van der Waals surface area contributed by atoms with Crippen LogP contribution in [0.4, 0.5) is 5.13 Å². The predicted molar refractivity (Wildman–Crippen MR) is 86.2 cm³/mol. The summed E-state index contributed by atoms with van der Waals surface area (Å²) in [6.45, 7) is 0.968. The van der Waals surface area contributed by atoms with Gasteiger partial charge in [0.25, 0.3) is 0 Å². The molecular formula is C15H14BrN3OS. The zero-order valence-corrected chi connectivity index (χ0v) is 13.7. The van der Waals surface area contributed by atoms with Gasteiger partial charge in [0, 0.05) is 22.6 Å². The van der Waals surface area contributed by atoms with Crippen molar-refractivity contribution in [1.82, 2.24) is 9.88 Å². The first-order valence-corrected chi connectivity index (χ1v) is 8.67. The number of amides is 1. The molecule has 2 aromatic rings. The first kappa shape index (κ1) is 13.4. The monoisotopic (exact) mass is 363 g/mol. The van der Waals surface area contributed by atoms with Gasteiger partial charge in [-0.2, -0.15) is 0 Å². The second-order valence-electron chi connectivity index (χ2n) is 5.35. The van der Waals surface area contributed by atoms with Gasteiger partial charge in [0.1, 0.15) is 6.17 Å². The molecule has 108 valence electrons. The lowest BCUT2D eigenvalue weighted by Gasteiger charge is -2.28. The van der Waals surface area contributed by atoms with Crippen LogP contribution in [0.5, 0.6) is 0 Å². The summed E-state index contributed by atoms with van der Waals surface area (Å²) in [6.07, 6.45) is 3.76. The molecule has 3 heterocycles. The summed E-state index contributed by atoms with van der Waals surface area (Å²) in [5.41, 5.74) is 1.14. The minimum Gasteiger partial charge on any atom is -0.273 e. The third-order valence-electron chi connectivity index (χ3n) is 4.15. The van der Waals surface area contributed by atoms with Crippen LogP contribution in [0, 0.1) is 0 Å². The number of benzene rings is 1. The lowest BCUT2D eigenvalue weighted by Crippen LogP contribution is -2.32. The van der Waals surface area contributed by atoms with Crippen LogP contribution in [-0.2, 0) is 4.79 Å². The largest absolute Gasteiger partial charge is 0.273 e. The van der Waals surface area contributed by atoms with Crippen LogP contribution in [0.1, 0.15) is 24.6 Å². The molecule has 4 nitrogen and oxygen atoms in total. The summed E-state index contributed by atoms with van der Waals surface area (Å²) < 4.78 is 1.04. The number of aromatic nitrogens is 1. The zero-order valence-electron chi connectivity index (χ0n) is 11.3. The standard InChI is InChI=1S/C15H14BrN3OS/c16-11-4-1-3-10(9-11)13-18-7-2-5-12(18)14(20)19(13)15-17-6-8-21-15/h1,3-4,6,8-9,12-13H,2,5,7H2/t12-,13+/m0/s1.